The lowest BCUT2D eigenvalue weighted by atomic mass is 10.2. The summed E-state index contributed by atoms with van der Waals surface area (Å²) >= 11 is 6.73. The van der Waals surface area contributed by atoms with Crippen molar-refractivity contribution < 1.29 is 9.53 Å². The van der Waals surface area contributed by atoms with Crippen molar-refractivity contribution in [1.82, 2.24) is 0 Å². The van der Waals surface area contributed by atoms with Gasteiger partial charge in [0.05, 0.1) is 17.3 Å². The minimum Gasteiger partial charge on any atom is -0.495 e. The molecule has 0 aromatic heterocycles. The monoisotopic (exact) mass is 364 g/mol. The van der Waals surface area contributed by atoms with Crippen LogP contribution in [0.4, 0.5) is 5.69 Å². The Morgan fingerprint density at radius 2 is 2.12 bits per heavy atom. The van der Waals surface area contributed by atoms with Crippen LogP contribution in [0, 0.1) is 0 Å². The minimum absolute atomic E-state index is 0.120. The van der Waals surface area contributed by atoms with Crippen molar-refractivity contribution in [3.63, 3.8) is 0 Å². The van der Waals surface area contributed by atoms with Gasteiger partial charge in [0.15, 0.2) is 0 Å². The molecule has 1 amide bonds. The molecule has 0 bridgehead atoms. The molecule has 0 saturated carbocycles. The van der Waals surface area contributed by atoms with Crippen LogP contribution in [0.25, 0.3) is 0 Å². The van der Waals surface area contributed by atoms with Crippen LogP contribution in [0.1, 0.15) is 13.3 Å². The molecule has 1 atom stereocenters. The Bertz CT molecular complexity index is 422. The SMILES string of the molecule is COc1cc(NC(=O)CC(C)N)c(Br)cc1Br. The normalized spacial score (nSPS) is 12.1. The maximum absolute atomic E-state index is 11.6. The molecule has 17 heavy (non-hydrogen) atoms. The highest BCUT2D eigenvalue weighted by Gasteiger charge is 2.11. The zero-order valence-corrected chi connectivity index (χ0v) is 12.8. The molecule has 94 valence electrons. The summed E-state index contributed by atoms with van der Waals surface area (Å²) in [6.07, 6.45) is 0.283. The van der Waals surface area contributed by atoms with Crippen LogP contribution in [0.15, 0.2) is 21.1 Å². The summed E-state index contributed by atoms with van der Waals surface area (Å²) in [4.78, 5) is 11.6. The van der Waals surface area contributed by atoms with Crippen molar-refractivity contribution in [3.05, 3.63) is 21.1 Å². The Morgan fingerprint density at radius 3 is 2.65 bits per heavy atom. The van der Waals surface area contributed by atoms with E-state index in [0.717, 1.165) is 8.95 Å². The number of anilines is 1. The third-order valence-corrected chi connectivity index (χ3v) is 3.30. The Hall–Kier alpha value is -0.590. The van der Waals surface area contributed by atoms with Crippen LogP contribution in [-0.4, -0.2) is 19.1 Å². The summed E-state index contributed by atoms with van der Waals surface area (Å²) < 4.78 is 6.76. The standard InChI is InChI=1S/C11H14Br2N2O2/c1-6(14)3-11(16)15-9-5-10(17-2)8(13)4-7(9)12/h4-6H,3,14H2,1-2H3,(H,15,16). The molecule has 0 saturated heterocycles. The van der Waals surface area contributed by atoms with Crippen LogP contribution >= 0.6 is 31.9 Å². The molecule has 1 unspecified atom stereocenters. The molecule has 0 aliphatic heterocycles. The first-order valence-corrected chi connectivity index (χ1v) is 6.61. The third-order valence-electron chi connectivity index (χ3n) is 2.02. The fraction of sp³-hybridized carbons (Fsp3) is 0.364. The Labute approximate surface area is 117 Å². The van der Waals surface area contributed by atoms with Gasteiger partial charge in [-0.15, -0.1) is 0 Å². The Morgan fingerprint density at radius 1 is 1.47 bits per heavy atom. The molecule has 1 aromatic rings. The highest BCUT2D eigenvalue weighted by molar-refractivity contribution is 9.11. The molecular formula is C11H14Br2N2O2. The quantitative estimate of drug-likeness (QED) is 0.862. The van der Waals surface area contributed by atoms with E-state index in [2.05, 4.69) is 37.2 Å². The lowest BCUT2D eigenvalue weighted by Gasteiger charge is -2.11. The number of halogens is 2. The molecule has 0 aliphatic rings. The van der Waals surface area contributed by atoms with E-state index in [-0.39, 0.29) is 18.4 Å². The lowest BCUT2D eigenvalue weighted by Crippen LogP contribution is -2.24. The summed E-state index contributed by atoms with van der Waals surface area (Å²) in [5.74, 6) is 0.536. The number of carbonyl (C=O) groups excluding carboxylic acids is 1. The van der Waals surface area contributed by atoms with Gasteiger partial charge in [0, 0.05) is 23.0 Å². The van der Waals surface area contributed by atoms with Crippen molar-refractivity contribution in [2.75, 3.05) is 12.4 Å². The van der Waals surface area contributed by atoms with Gasteiger partial charge in [0.2, 0.25) is 5.91 Å². The van der Waals surface area contributed by atoms with E-state index >= 15 is 0 Å². The molecule has 0 fully saturated rings. The van der Waals surface area contributed by atoms with Crippen LogP contribution in [-0.2, 0) is 4.79 Å². The number of hydrogen-bond donors (Lipinski definition) is 2. The largest absolute Gasteiger partial charge is 0.495 e. The van der Waals surface area contributed by atoms with E-state index < -0.39 is 0 Å². The van der Waals surface area contributed by atoms with Gasteiger partial charge in [-0.05, 0) is 44.8 Å². The highest BCUT2D eigenvalue weighted by Crippen LogP contribution is 2.34. The molecule has 4 nitrogen and oxygen atoms in total. The van der Waals surface area contributed by atoms with Crippen molar-refractivity contribution in [1.29, 1.82) is 0 Å². The number of methoxy groups -OCH3 is 1. The molecule has 3 N–H and O–H groups in total. The van der Waals surface area contributed by atoms with Crippen molar-refractivity contribution in [2.45, 2.75) is 19.4 Å². The highest BCUT2D eigenvalue weighted by atomic mass is 79.9. The summed E-state index contributed by atoms with van der Waals surface area (Å²) in [5.41, 5.74) is 6.22. The van der Waals surface area contributed by atoms with Gasteiger partial charge in [-0.2, -0.15) is 0 Å². The lowest BCUT2D eigenvalue weighted by molar-refractivity contribution is -0.116. The van der Waals surface area contributed by atoms with Gasteiger partial charge >= 0.3 is 0 Å². The van der Waals surface area contributed by atoms with Crippen molar-refractivity contribution in [3.8, 4) is 5.75 Å². The van der Waals surface area contributed by atoms with Gasteiger partial charge < -0.3 is 15.8 Å². The van der Waals surface area contributed by atoms with E-state index in [4.69, 9.17) is 10.5 Å². The number of ether oxygens (including phenoxy) is 1. The van der Waals surface area contributed by atoms with Crippen LogP contribution in [0.3, 0.4) is 0 Å². The first-order chi connectivity index (χ1) is 7.93. The van der Waals surface area contributed by atoms with Crippen molar-refractivity contribution in [2.24, 2.45) is 5.73 Å². The summed E-state index contributed by atoms with van der Waals surface area (Å²) in [6.45, 7) is 1.79. The number of rotatable bonds is 4. The predicted octanol–water partition coefficient (Wildman–Crippen LogP) is 2.90. The molecule has 0 spiro atoms. The average Bonchev–Trinajstić information content (AvgIpc) is 2.20. The van der Waals surface area contributed by atoms with E-state index in [1.54, 1.807) is 20.1 Å². The average molecular weight is 366 g/mol. The van der Waals surface area contributed by atoms with Gasteiger partial charge in [0.1, 0.15) is 5.75 Å². The topological polar surface area (TPSA) is 64.3 Å². The zero-order chi connectivity index (χ0) is 13.0. The number of carbonyl (C=O) groups is 1. The second-order valence-corrected chi connectivity index (χ2v) is 5.40. The molecule has 0 radical (unpaired) electrons. The summed E-state index contributed by atoms with van der Waals surface area (Å²) in [6, 6.07) is 3.40. The fourth-order valence-electron chi connectivity index (χ4n) is 1.28. The summed E-state index contributed by atoms with van der Waals surface area (Å²) in [7, 11) is 1.57. The zero-order valence-electron chi connectivity index (χ0n) is 9.59. The number of amides is 1. The number of nitrogens with two attached hydrogens (primary N) is 1. The number of benzene rings is 1. The van der Waals surface area contributed by atoms with Crippen molar-refractivity contribution >= 4 is 43.5 Å². The van der Waals surface area contributed by atoms with E-state index in [1.165, 1.54) is 0 Å². The molecule has 0 heterocycles. The van der Waals surface area contributed by atoms with Gasteiger partial charge in [0.25, 0.3) is 0 Å². The summed E-state index contributed by atoms with van der Waals surface area (Å²) in [5, 5.41) is 2.78. The smallest absolute Gasteiger partial charge is 0.225 e. The fourth-order valence-corrected chi connectivity index (χ4v) is 2.53. The molecule has 1 rings (SSSR count). The molecule has 0 aliphatic carbocycles. The maximum atomic E-state index is 11.6. The first-order valence-electron chi connectivity index (χ1n) is 5.02. The first kappa shape index (κ1) is 14.5. The third kappa shape index (κ3) is 4.29. The van der Waals surface area contributed by atoms with Crippen LogP contribution in [0.5, 0.6) is 5.75 Å². The van der Waals surface area contributed by atoms with Gasteiger partial charge in [-0.3, -0.25) is 4.79 Å². The predicted molar refractivity (Wildman–Crippen MR) is 75.3 cm³/mol. The second-order valence-electron chi connectivity index (χ2n) is 3.70. The Balaban J connectivity index is 2.87. The molecule has 6 heteroatoms. The second kappa shape index (κ2) is 6.37. The van der Waals surface area contributed by atoms with E-state index in [1.807, 2.05) is 6.07 Å². The molecule has 1 aromatic carbocycles. The minimum atomic E-state index is -0.161. The van der Waals surface area contributed by atoms with Crippen LogP contribution < -0.4 is 15.8 Å². The Kier molecular flexibility index (Phi) is 5.42. The number of nitrogens with one attached hydrogen (secondary N) is 1. The van der Waals surface area contributed by atoms with Gasteiger partial charge in [-0.25, -0.2) is 0 Å². The van der Waals surface area contributed by atoms with E-state index in [9.17, 15) is 4.79 Å². The van der Waals surface area contributed by atoms with E-state index in [0.29, 0.717) is 11.4 Å². The molecular weight excluding hydrogens is 352 g/mol. The maximum Gasteiger partial charge on any atom is 0.225 e. The number of hydrogen-bond acceptors (Lipinski definition) is 3. The van der Waals surface area contributed by atoms with Crippen LogP contribution in [0.2, 0.25) is 0 Å². The van der Waals surface area contributed by atoms with Gasteiger partial charge in [-0.1, -0.05) is 0 Å².